The van der Waals surface area contributed by atoms with Crippen molar-refractivity contribution >= 4 is 16.7 Å². The second-order valence-corrected chi connectivity index (χ2v) is 4.75. The Hall–Kier alpha value is -1.90. The second kappa shape index (κ2) is 3.55. The standard InChI is InChI=1S/C14H13NO2/c16-13(17)8-14(5-6-14)12-3-1-2-10-4-7-15-9-11(10)12/h1-4,7,9H,5-6,8H2,(H,16,17). The van der Waals surface area contributed by atoms with Gasteiger partial charge >= 0.3 is 5.97 Å². The highest BCUT2D eigenvalue weighted by Crippen LogP contribution is 2.52. The van der Waals surface area contributed by atoms with Crippen LogP contribution in [0.3, 0.4) is 0 Å². The van der Waals surface area contributed by atoms with Crippen LogP contribution in [0.15, 0.2) is 36.7 Å². The molecule has 3 nitrogen and oxygen atoms in total. The summed E-state index contributed by atoms with van der Waals surface area (Å²) in [7, 11) is 0. The van der Waals surface area contributed by atoms with Crippen molar-refractivity contribution in [2.24, 2.45) is 0 Å². The first-order valence-electron chi connectivity index (χ1n) is 5.76. The molecule has 17 heavy (non-hydrogen) atoms. The lowest BCUT2D eigenvalue weighted by Crippen LogP contribution is -2.13. The van der Waals surface area contributed by atoms with Crippen LogP contribution in [-0.4, -0.2) is 16.1 Å². The molecule has 0 amide bonds. The zero-order valence-electron chi connectivity index (χ0n) is 9.39. The quantitative estimate of drug-likeness (QED) is 0.877. The maximum atomic E-state index is 10.9. The summed E-state index contributed by atoms with van der Waals surface area (Å²) in [5.41, 5.74) is 1.000. The number of pyridine rings is 1. The third-order valence-electron chi connectivity index (χ3n) is 3.60. The number of hydrogen-bond acceptors (Lipinski definition) is 2. The number of carboxylic acids is 1. The Morgan fingerprint density at radius 2 is 2.18 bits per heavy atom. The minimum Gasteiger partial charge on any atom is -0.481 e. The van der Waals surface area contributed by atoms with Crippen molar-refractivity contribution in [2.45, 2.75) is 24.7 Å². The number of nitrogens with zero attached hydrogens (tertiary/aromatic N) is 1. The fourth-order valence-corrected chi connectivity index (χ4v) is 2.56. The van der Waals surface area contributed by atoms with Gasteiger partial charge in [-0.3, -0.25) is 9.78 Å². The van der Waals surface area contributed by atoms with Crippen LogP contribution in [0, 0.1) is 0 Å². The highest BCUT2D eigenvalue weighted by Gasteiger charge is 2.46. The molecule has 1 fully saturated rings. The fourth-order valence-electron chi connectivity index (χ4n) is 2.56. The van der Waals surface area contributed by atoms with Gasteiger partial charge in [0.2, 0.25) is 0 Å². The molecule has 0 aliphatic heterocycles. The molecule has 3 heteroatoms. The predicted molar refractivity (Wildman–Crippen MR) is 64.9 cm³/mol. The Kier molecular flexibility index (Phi) is 2.15. The third kappa shape index (κ3) is 1.68. The second-order valence-electron chi connectivity index (χ2n) is 4.75. The highest BCUT2D eigenvalue weighted by atomic mass is 16.4. The van der Waals surface area contributed by atoms with Gasteiger partial charge < -0.3 is 5.11 Å². The smallest absolute Gasteiger partial charge is 0.304 e. The van der Waals surface area contributed by atoms with Crippen LogP contribution in [0.1, 0.15) is 24.8 Å². The lowest BCUT2D eigenvalue weighted by molar-refractivity contribution is -0.137. The molecular formula is C14H13NO2. The van der Waals surface area contributed by atoms with Crippen molar-refractivity contribution in [3.8, 4) is 0 Å². The number of carboxylic acid groups (broad SMARTS) is 1. The summed E-state index contributed by atoms with van der Waals surface area (Å²) in [6.07, 6.45) is 5.76. The molecule has 2 aromatic rings. The maximum absolute atomic E-state index is 10.9. The maximum Gasteiger partial charge on any atom is 0.304 e. The monoisotopic (exact) mass is 227 g/mol. The molecule has 1 aliphatic rings. The minimum atomic E-state index is -0.719. The molecule has 1 aromatic carbocycles. The molecule has 0 bridgehead atoms. The average molecular weight is 227 g/mol. The Morgan fingerprint density at radius 1 is 1.35 bits per heavy atom. The molecule has 3 rings (SSSR count). The largest absolute Gasteiger partial charge is 0.481 e. The van der Waals surface area contributed by atoms with Crippen molar-refractivity contribution in [2.75, 3.05) is 0 Å². The molecule has 1 saturated carbocycles. The van der Waals surface area contributed by atoms with Gasteiger partial charge in [-0.25, -0.2) is 0 Å². The first-order chi connectivity index (χ1) is 8.21. The van der Waals surface area contributed by atoms with E-state index in [1.54, 1.807) is 6.20 Å². The summed E-state index contributed by atoms with van der Waals surface area (Å²) in [4.78, 5) is 15.1. The lowest BCUT2D eigenvalue weighted by atomic mass is 9.89. The van der Waals surface area contributed by atoms with Crippen LogP contribution >= 0.6 is 0 Å². The Balaban J connectivity index is 2.15. The summed E-state index contributed by atoms with van der Waals surface area (Å²) in [6, 6.07) is 8.05. The summed E-state index contributed by atoms with van der Waals surface area (Å²) in [5.74, 6) is -0.719. The highest BCUT2D eigenvalue weighted by molar-refractivity contribution is 5.87. The van der Waals surface area contributed by atoms with Crippen LogP contribution < -0.4 is 0 Å². The number of benzene rings is 1. The average Bonchev–Trinajstić information content (AvgIpc) is 3.08. The van der Waals surface area contributed by atoms with Gasteiger partial charge in [0.25, 0.3) is 0 Å². The SMILES string of the molecule is O=C(O)CC1(c2cccc3ccncc23)CC1. The van der Waals surface area contributed by atoms with Crippen molar-refractivity contribution in [1.82, 2.24) is 4.98 Å². The van der Waals surface area contributed by atoms with Crippen molar-refractivity contribution in [3.05, 3.63) is 42.2 Å². The number of fused-ring (bicyclic) bond motifs is 1. The van der Waals surface area contributed by atoms with E-state index < -0.39 is 5.97 Å². The predicted octanol–water partition coefficient (Wildman–Crippen LogP) is 2.74. The number of carbonyl (C=O) groups is 1. The summed E-state index contributed by atoms with van der Waals surface area (Å²) < 4.78 is 0. The van der Waals surface area contributed by atoms with Crippen molar-refractivity contribution < 1.29 is 9.90 Å². The molecule has 86 valence electrons. The van der Waals surface area contributed by atoms with Gasteiger partial charge in [0, 0.05) is 23.2 Å². The van der Waals surface area contributed by atoms with Gasteiger partial charge in [-0.15, -0.1) is 0 Å². The Bertz CT molecular complexity index is 582. The molecule has 0 saturated heterocycles. The summed E-state index contributed by atoms with van der Waals surface area (Å²) >= 11 is 0. The Labute approximate surface area is 99.1 Å². The zero-order chi connectivity index (χ0) is 11.9. The first kappa shape index (κ1) is 10.3. The molecule has 1 aromatic heterocycles. The topological polar surface area (TPSA) is 50.2 Å². The molecule has 1 heterocycles. The van der Waals surface area contributed by atoms with E-state index in [2.05, 4.69) is 4.98 Å². The van der Waals surface area contributed by atoms with E-state index in [0.717, 1.165) is 29.2 Å². The van der Waals surface area contributed by atoms with Gasteiger partial charge in [0.05, 0.1) is 6.42 Å². The minimum absolute atomic E-state index is 0.144. The van der Waals surface area contributed by atoms with Crippen LogP contribution in [0.2, 0.25) is 0 Å². The molecular weight excluding hydrogens is 214 g/mol. The Morgan fingerprint density at radius 3 is 2.88 bits per heavy atom. The zero-order valence-corrected chi connectivity index (χ0v) is 9.39. The molecule has 0 spiro atoms. The number of aromatic nitrogens is 1. The first-order valence-corrected chi connectivity index (χ1v) is 5.76. The van der Waals surface area contributed by atoms with Gasteiger partial charge in [-0.2, -0.15) is 0 Å². The van der Waals surface area contributed by atoms with Crippen molar-refractivity contribution in [1.29, 1.82) is 0 Å². The lowest BCUT2D eigenvalue weighted by Gasteiger charge is -2.15. The van der Waals surface area contributed by atoms with E-state index in [1.807, 2.05) is 30.5 Å². The molecule has 1 aliphatic carbocycles. The van der Waals surface area contributed by atoms with Crippen LogP contribution in [0.4, 0.5) is 0 Å². The number of rotatable bonds is 3. The molecule has 0 unspecified atom stereocenters. The van der Waals surface area contributed by atoms with E-state index >= 15 is 0 Å². The van der Waals surface area contributed by atoms with E-state index in [-0.39, 0.29) is 11.8 Å². The summed E-state index contributed by atoms with van der Waals surface area (Å²) in [6.45, 7) is 0. The molecule has 0 atom stereocenters. The van der Waals surface area contributed by atoms with E-state index in [4.69, 9.17) is 5.11 Å². The van der Waals surface area contributed by atoms with Crippen LogP contribution in [-0.2, 0) is 10.2 Å². The van der Waals surface area contributed by atoms with Crippen LogP contribution in [0.25, 0.3) is 10.8 Å². The number of hydrogen-bond donors (Lipinski definition) is 1. The van der Waals surface area contributed by atoms with Gasteiger partial charge in [0.1, 0.15) is 0 Å². The van der Waals surface area contributed by atoms with Crippen molar-refractivity contribution in [3.63, 3.8) is 0 Å². The van der Waals surface area contributed by atoms with E-state index in [9.17, 15) is 4.79 Å². The number of aliphatic carboxylic acids is 1. The van der Waals surface area contributed by atoms with Gasteiger partial charge in [-0.05, 0) is 29.9 Å². The van der Waals surface area contributed by atoms with E-state index in [1.165, 1.54) is 0 Å². The normalized spacial score (nSPS) is 16.9. The van der Waals surface area contributed by atoms with E-state index in [0.29, 0.717) is 0 Å². The third-order valence-corrected chi connectivity index (χ3v) is 3.60. The van der Waals surface area contributed by atoms with Gasteiger partial charge in [-0.1, -0.05) is 18.2 Å². The molecule has 0 radical (unpaired) electrons. The summed E-state index contributed by atoms with van der Waals surface area (Å²) in [5, 5.41) is 11.2. The fraction of sp³-hybridized carbons (Fsp3) is 0.286. The van der Waals surface area contributed by atoms with Gasteiger partial charge in [0.15, 0.2) is 0 Å². The molecule has 1 N–H and O–H groups in total. The van der Waals surface area contributed by atoms with Crippen LogP contribution in [0.5, 0.6) is 0 Å².